The molecule has 1 amide bonds. The Hall–Kier alpha value is -2.93. The molecular weight excluding hydrogens is 374 g/mol. The van der Waals surface area contributed by atoms with Gasteiger partial charge in [0, 0.05) is 22.8 Å². The van der Waals surface area contributed by atoms with Crippen LogP contribution in [-0.4, -0.2) is 22.5 Å². The van der Waals surface area contributed by atoms with E-state index in [9.17, 15) is 4.79 Å². The maximum absolute atomic E-state index is 12.6. The third-order valence-electron chi connectivity index (χ3n) is 4.47. The molecule has 1 N–H and O–H groups in total. The minimum atomic E-state index is -0.200. The summed E-state index contributed by atoms with van der Waals surface area (Å²) in [5.74, 6) is 0.948. The fourth-order valence-electron chi connectivity index (χ4n) is 3.09. The number of hydrogen-bond donors (Lipinski definition) is 1. The van der Waals surface area contributed by atoms with E-state index in [1.54, 1.807) is 41.9 Å². The van der Waals surface area contributed by atoms with E-state index >= 15 is 0 Å². The fraction of sp³-hybridized carbons (Fsp3) is 0.286. The first-order valence-electron chi connectivity index (χ1n) is 9.31. The van der Waals surface area contributed by atoms with Gasteiger partial charge in [-0.25, -0.2) is 4.98 Å². The van der Waals surface area contributed by atoms with Crippen molar-refractivity contribution in [2.24, 2.45) is 0 Å². The highest BCUT2D eigenvalue weighted by atomic mass is 32.1. The summed E-state index contributed by atoms with van der Waals surface area (Å²) < 4.78 is 11.6. The number of ether oxygens (including phenoxy) is 2. The van der Waals surface area contributed by atoms with Gasteiger partial charge in [-0.05, 0) is 62.1 Å². The Labute approximate surface area is 167 Å². The lowest BCUT2D eigenvalue weighted by atomic mass is 10.2. The van der Waals surface area contributed by atoms with E-state index in [1.165, 1.54) is 4.88 Å². The van der Waals surface area contributed by atoms with E-state index in [0.29, 0.717) is 35.4 Å². The van der Waals surface area contributed by atoms with E-state index in [0.717, 1.165) is 30.5 Å². The van der Waals surface area contributed by atoms with Crippen LogP contribution >= 0.6 is 11.3 Å². The summed E-state index contributed by atoms with van der Waals surface area (Å²) >= 11 is 1.56. The van der Waals surface area contributed by atoms with Crippen LogP contribution in [0.15, 0.2) is 42.7 Å². The summed E-state index contributed by atoms with van der Waals surface area (Å²) in [6.07, 6.45) is 6.66. The number of anilines is 1. The molecular formula is C21H21N3O3S. The van der Waals surface area contributed by atoms with Gasteiger partial charge in [-0.15, -0.1) is 11.3 Å². The Morgan fingerprint density at radius 3 is 2.79 bits per heavy atom. The molecule has 4 rings (SSSR count). The molecule has 0 saturated heterocycles. The van der Waals surface area contributed by atoms with Gasteiger partial charge in [0.25, 0.3) is 5.91 Å². The molecule has 0 aliphatic heterocycles. The molecule has 1 aliphatic carbocycles. The third-order valence-corrected chi connectivity index (χ3v) is 5.54. The number of aryl methyl sites for hydroxylation is 2. The highest BCUT2D eigenvalue weighted by molar-refractivity contribution is 7.16. The maximum Gasteiger partial charge on any atom is 0.257 e. The number of rotatable bonds is 7. The molecule has 0 atom stereocenters. The predicted octanol–water partition coefficient (Wildman–Crippen LogP) is 4.26. The zero-order valence-corrected chi connectivity index (χ0v) is 16.4. The van der Waals surface area contributed by atoms with Gasteiger partial charge in [0.05, 0.1) is 12.3 Å². The summed E-state index contributed by atoms with van der Waals surface area (Å²) in [5.41, 5.74) is 2.64. The molecule has 0 spiro atoms. The van der Waals surface area contributed by atoms with Crippen molar-refractivity contribution >= 4 is 22.4 Å². The summed E-state index contributed by atoms with van der Waals surface area (Å²) in [7, 11) is 0. The molecule has 6 nitrogen and oxygen atoms in total. The summed E-state index contributed by atoms with van der Waals surface area (Å²) in [6, 6.07) is 9.01. The third kappa shape index (κ3) is 4.14. The van der Waals surface area contributed by atoms with Gasteiger partial charge in [0.15, 0.2) is 16.6 Å². The quantitative estimate of drug-likeness (QED) is 0.647. The smallest absolute Gasteiger partial charge is 0.257 e. The minimum Gasteiger partial charge on any atom is -0.490 e. The number of nitrogens with one attached hydrogen (secondary N) is 1. The van der Waals surface area contributed by atoms with Crippen molar-refractivity contribution in [3.8, 4) is 11.5 Å². The standard InChI is InChI=1S/C21H21N3O3S/c1-2-26-18-12-15(6-7-17(18)27-13-14-8-10-22-11-9-14)20(25)24-21-23-16-4-3-5-19(16)28-21/h6-12H,2-5,13H2,1H3,(H,23,24,25). The number of pyridine rings is 1. The molecule has 28 heavy (non-hydrogen) atoms. The van der Waals surface area contributed by atoms with E-state index in [-0.39, 0.29) is 5.91 Å². The molecule has 7 heteroatoms. The lowest BCUT2D eigenvalue weighted by molar-refractivity contribution is 0.102. The molecule has 2 heterocycles. The Morgan fingerprint density at radius 2 is 2.00 bits per heavy atom. The van der Waals surface area contributed by atoms with Gasteiger partial charge >= 0.3 is 0 Å². The summed E-state index contributed by atoms with van der Waals surface area (Å²) in [5, 5.41) is 3.56. The largest absolute Gasteiger partial charge is 0.490 e. The van der Waals surface area contributed by atoms with Crippen LogP contribution in [0.3, 0.4) is 0 Å². The van der Waals surface area contributed by atoms with E-state index in [4.69, 9.17) is 9.47 Å². The van der Waals surface area contributed by atoms with Gasteiger partial charge in [0.2, 0.25) is 0 Å². The molecule has 1 aliphatic rings. The molecule has 144 valence electrons. The first-order chi connectivity index (χ1) is 13.7. The number of nitrogens with zero attached hydrogens (tertiary/aromatic N) is 2. The van der Waals surface area contributed by atoms with Crippen molar-refractivity contribution in [2.45, 2.75) is 32.8 Å². The van der Waals surface area contributed by atoms with Crippen LogP contribution < -0.4 is 14.8 Å². The second-order valence-electron chi connectivity index (χ2n) is 6.44. The van der Waals surface area contributed by atoms with Crippen LogP contribution in [0, 0.1) is 0 Å². The lowest BCUT2D eigenvalue weighted by Crippen LogP contribution is -2.12. The monoisotopic (exact) mass is 395 g/mol. The Bertz CT molecular complexity index is 951. The molecule has 0 unspecified atom stereocenters. The zero-order chi connectivity index (χ0) is 19.3. The number of benzene rings is 1. The van der Waals surface area contributed by atoms with Crippen molar-refractivity contribution in [3.05, 3.63) is 64.4 Å². The molecule has 2 aromatic heterocycles. The number of carbonyl (C=O) groups excluding carboxylic acids is 1. The van der Waals surface area contributed by atoms with Crippen molar-refractivity contribution in [1.82, 2.24) is 9.97 Å². The highest BCUT2D eigenvalue weighted by Crippen LogP contribution is 2.32. The Kier molecular flexibility index (Phi) is 5.53. The molecule has 0 fully saturated rings. The SMILES string of the molecule is CCOc1cc(C(=O)Nc2nc3c(s2)CCC3)ccc1OCc1ccncc1. The molecule has 3 aromatic rings. The van der Waals surface area contributed by atoms with Crippen LogP contribution in [0.5, 0.6) is 11.5 Å². The van der Waals surface area contributed by atoms with Crippen LogP contribution in [0.1, 0.15) is 39.8 Å². The number of amides is 1. The zero-order valence-electron chi connectivity index (χ0n) is 15.6. The van der Waals surface area contributed by atoms with Crippen LogP contribution in [0.25, 0.3) is 0 Å². The number of fused-ring (bicyclic) bond motifs is 1. The van der Waals surface area contributed by atoms with Crippen molar-refractivity contribution in [2.75, 3.05) is 11.9 Å². The van der Waals surface area contributed by atoms with E-state index in [1.807, 2.05) is 19.1 Å². The fourth-order valence-corrected chi connectivity index (χ4v) is 4.13. The molecule has 0 saturated carbocycles. The Balaban J connectivity index is 1.47. The van der Waals surface area contributed by atoms with E-state index in [2.05, 4.69) is 15.3 Å². The topological polar surface area (TPSA) is 73.3 Å². The van der Waals surface area contributed by atoms with E-state index < -0.39 is 0 Å². The second-order valence-corrected chi connectivity index (χ2v) is 7.52. The van der Waals surface area contributed by atoms with Crippen molar-refractivity contribution in [3.63, 3.8) is 0 Å². The van der Waals surface area contributed by atoms with Crippen LogP contribution in [-0.2, 0) is 19.4 Å². The highest BCUT2D eigenvalue weighted by Gasteiger charge is 2.19. The lowest BCUT2D eigenvalue weighted by Gasteiger charge is -2.13. The van der Waals surface area contributed by atoms with Gasteiger partial charge < -0.3 is 9.47 Å². The van der Waals surface area contributed by atoms with Crippen molar-refractivity contribution in [1.29, 1.82) is 0 Å². The van der Waals surface area contributed by atoms with Gasteiger partial charge in [-0.2, -0.15) is 0 Å². The first-order valence-corrected chi connectivity index (χ1v) is 10.1. The first kappa shape index (κ1) is 18.4. The van der Waals surface area contributed by atoms with Crippen LogP contribution in [0.2, 0.25) is 0 Å². The molecule has 1 aromatic carbocycles. The average Bonchev–Trinajstić information content (AvgIpc) is 3.29. The summed E-state index contributed by atoms with van der Waals surface area (Å²) in [4.78, 5) is 22.4. The van der Waals surface area contributed by atoms with Crippen molar-refractivity contribution < 1.29 is 14.3 Å². The maximum atomic E-state index is 12.6. The number of carbonyl (C=O) groups is 1. The molecule has 0 bridgehead atoms. The molecule has 0 radical (unpaired) electrons. The van der Waals surface area contributed by atoms with Gasteiger partial charge in [-0.1, -0.05) is 0 Å². The Morgan fingerprint density at radius 1 is 1.14 bits per heavy atom. The number of aromatic nitrogens is 2. The second kappa shape index (κ2) is 8.39. The number of hydrogen-bond acceptors (Lipinski definition) is 6. The average molecular weight is 395 g/mol. The minimum absolute atomic E-state index is 0.200. The van der Waals surface area contributed by atoms with Gasteiger partial charge in [0.1, 0.15) is 6.61 Å². The normalized spacial score (nSPS) is 12.5. The predicted molar refractivity (Wildman–Crippen MR) is 108 cm³/mol. The van der Waals surface area contributed by atoms with Crippen LogP contribution in [0.4, 0.5) is 5.13 Å². The summed E-state index contributed by atoms with van der Waals surface area (Å²) in [6.45, 7) is 2.78. The number of thiazole rings is 1. The van der Waals surface area contributed by atoms with Gasteiger partial charge in [-0.3, -0.25) is 15.1 Å².